The summed E-state index contributed by atoms with van der Waals surface area (Å²) in [5.74, 6) is 0.558. The zero-order valence-electron chi connectivity index (χ0n) is 15.7. The van der Waals surface area contributed by atoms with Crippen LogP contribution in [0.15, 0.2) is 36.5 Å². The lowest BCUT2D eigenvalue weighted by Crippen LogP contribution is -2.50. The number of hydrogen-bond acceptors (Lipinski definition) is 7. The molecule has 7 heteroatoms. The first-order valence-electron chi connectivity index (χ1n) is 9.40. The predicted molar refractivity (Wildman–Crippen MR) is 103 cm³/mol. The number of benzene rings is 1. The molecule has 0 saturated carbocycles. The lowest BCUT2D eigenvalue weighted by Gasteiger charge is -2.34. The van der Waals surface area contributed by atoms with Gasteiger partial charge >= 0.3 is 5.97 Å². The van der Waals surface area contributed by atoms with Gasteiger partial charge in [0.25, 0.3) is 0 Å². The molecule has 1 aliphatic rings. The van der Waals surface area contributed by atoms with Gasteiger partial charge in [0.15, 0.2) is 0 Å². The summed E-state index contributed by atoms with van der Waals surface area (Å²) >= 11 is 0. The Morgan fingerprint density at radius 2 is 1.96 bits per heavy atom. The van der Waals surface area contributed by atoms with Gasteiger partial charge in [0.2, 0.25) is 0 Å². The smallest absolute Gasteiger partial charge is 0.320 e. The molecule has 0 radical (unpaired) electrons. The summed E-state index contributed by atoms with van der Waals surface area (Å²) in [4.78, 5) is 20.1. The molecule has 27 heavy (non-hydrogen) atoms. The summed E-state index contributed by atoms with van der Waals surface area (Å²) in [6.07, 6.45) is 1.18. The molecule has 1 aromatic carbocycles. The summed E-state index contributed by atoms with van der Waals surface area (Å²) in [6, 6.07) is 9.58. The minimum Gasteiger partial charge on any atom is -0.490 e. The number of pyridine rings is 1. The van der Waals surface area contributed by atoms with Crippen LogP contribution < -0.4 is 4.74 Å². The first-order valence-corrected chi connectivity index (χ1v) is 9.40. The fourth-order valence-corrected chi connectivity index (χ4v) is 3.26. The third kappa shape index (κ3) is 5.63. The SMILES string of the molecule is CCOC(=O)CN1CCN(C[C@@H](O)COc2cccc3ncccc23)CC1. The minimum atomic E-state index is -0.575. The predicted octanol–water partition coefficient (Wildman–Crippen LogP) is 1.16. The molecule has 2 heterocycles. The zero-order chi connectivity index (χ0) is 19.1. The quantitative estimate of drug-likeness (QED) is 0.696. The molecule has 7 nitrogen and oxygen atoms in total. The van der Waals surface area contributed by atoms with E-state index in [1.165, 1.54) is 0 Å². The second kappa shape index (κ2) is 9.64. The molecule has 2 aromatic rings. The average molecular weight is 373 g/mol. The molecule has 0 bridgehead atoms. The standard InChI is InChI=1S/C20H27N3O4/c1-2-26-20(25)14-23-11-9-22(10-12-23)13-16(24)15-27-19-7-3-6-18-17(19)5-4-8-21-18/h3-8,16,24H,2,9-15H2,1H3/t16-/m1/s1. The summed E-state index contributed by atoms with van der Waals surface area (Å²) in [5.41, 5.74) is 0.877. The first-order chi connectivity index (χ1) is 13.2. The number of carbonyl (C=O) groups excluding carboxylic acids is 1. The third-order valence-electron chi connectivity index (χ3n) is 4.63. The second-order valence-corrected chi connectivity index (χ2v) is 6.67. The number of carbonyl (C=O) groups is 1. The molecule has 1 N–H and O–H groups in total. The zero-order valence-corrected chi connectivity index (χ0v) is 15.7. The Hall–Kier alpha value is -2.22. The van der Waals surface area contributed by atoms with Crippen molar-refractivity contribution in [2.24, 2.45) is 0 Å². The Bertz CT molecular complexity index is 742. The van der Waals surface area contributed by atoms with Gasteiger partial charge in [0.1, 0.15) is 18.5 Å². The highest BCUT2D eigenvalue weighted by Gasteiger charge is 2.21. The topological polar surface area (TPSA) is 75.1 Å². The molecule has 1 aromatic heterocycles. The van der Waals surface area contributed by atoms with Crippen LogP contribution in [0.2, 0.25) is 0 Å². The van der Waals surface area contributed by atoms with E-state index in [2.05, 4.69) is 14.8 Å². The van der Waals surface area contributed by atoms with Crippen LogP contribution in [0.1, 0.15) is 6.92 Å². The van der Waals surface area contributed by atoms with Crippen molar-refractivity contribution in [1.82, 2.24) is 14.8 Å². The Morgan fingerprint density at radius 1 is 1.19 bits per heavy atom. The lowest BCUT2D eigenvalue weighted by molar-refractivity contribution is -0.144. The summed E-state index contributed by atoms with van der Waals surface area (Å²) < 4.78 is 10.8. The lowest BCUT2D eigenvalue weighted by atomic mass is 10.2. The molecule has 0 amide bonds. The largest absolute Gasteiger partial charge is 0.490 e. The molecule has 1 saturated heterocycles. The van der Waals surface area contributed by atoms with Crippen molar-refractivity contribution in [3.05, 3.63) is 36.5 Å². The number of nitrogens with zero attached hydrogens (tertiary/aromatic N) is 3. The molecule has 146 valence electrons. The van der Waals surface area contributed by atoms with Crippen molar-refractivity contribution >= 4 is 16.9 Å². The van der Waals surface area contributed by atoms with Crippen molar-refractivity contribution < 1.29 is 19.4 Å². The van der Waals surface area contributed by atoms with Crippen molar-refractivity contribution in [3.8, 4) is 5.75 Å². The van der Waals surface area contributed by atoms with Crippen LogP contribution in [0, 0.1) is 0 Å². The summed E-state index contributed by atoms with van der Waals surface area (Å²) in [7, 11) is 0. The normalized spacial score (nSPS) is 17.0. The van der Waals surface area contributed by atoms with E-state index in [0.717, 1.165) is 42.8 Å². The van der Waals surface area contributed by atoms with E-state index in [1.54, 1.807) is 6.20 Å². The number of esters is 1. The monoisotopic (exact) mass is 373 g/mol. The fourth-order valence-electron chi connectivity index (χ4n) is 3.26. The van der Waals surface area contributed by atoms with E-state index in [4.69, 9.17) is 9.47 Å². The van der Waals surface area contributed by atoms with E-state index < -0.39 is 6.10 Å². The number of hydrogen-bond donors (Lipinski definition) is 1. The van der Waals surface area contributed by atoms with Gasteiger partial charge < -0.3 is 14.6 Å². The molecule has 1 aliphatic heterocycles. The van der Waals surface area contributed by atoms with E-state index >= 15 is 0 Å². The number of rotatable bonds is 8. The second-order valence-electron chi connectivity index (χ2n) is 6.67. The number of piperazine rings is 1. The Kier molecular flexibility index (Phi) is 6.98. The fraction of sp³-hybridized carbons (Fsp3) is 0.500. The highest BCUT2D eigenvalue weighted by Crippen LogP contribution is 2.23. The van der Waals surface area contributed by atoms with E-state index in [9.17, 15) is 9.90 Å². The van der Waals surface area contributed by atoms with Crippen molar-refractivity contribution in [1.29, 1.82) is 0 Å². The van der Waals surface area contributed by atoms with Gasteiger partial charge in [-0.2, -0.15) is 0 Å². The van der Waals surface area contributed by atoms with Crippen LogP contribution in [0.5, 0.6) is 5.75 Å². The molecular weight excluding hydrogens is 346 g/mol. The Balaban J connectivity index is 1.42. The summed E-state index contributed by atoms with van der Waals surface area (Å²) in [6.45, 7) is 6.56. The Labute approximate surface area is 159 Å². The first kappa shape index (κ1) is 19.5. The van der Waals surface area contributed by atoms with Crippen molar-refractivity contribution in [2.75, 3.05) is 52.5 Å². The molecule has 3 rings (SSSR count). The van der Waals surface area contributed by atoms with Crippen molar-refractivity contribution in [2.45, 2.75) is 13.0 Å². The van der Waals surface area contributed by atoms with Gasteiger partial charge in [-0.3, -0.25) is 19.6 Å². The maximum atomic E-state index is 11.5. The van der Waals surface area contributed by atoms with Crippen LogP contribution in [-0.2, 0) is 9.53 Å². The van der Waals surface area contributed by atoms with Crippen LogP contribution >= 0.6 is 0 Å². The minimum absolute atomic E-state index is 0.177. The third-order valence-corrected chi connectivity index (χ3v) is 4.63. The van der Waals surface area contributed by atoms with Crippen LogP contribution in [-0.4, -0.2) is 84.4 Å². The molecule has 0 aliphatic carbocycles. The number of aliphatic hydroxyl groups is 1. The maximum Gasteiger partial charge on any atom is 0.320 e. The molecule has 0 spiro atoms. The number of fused-ring (bicyclic) bond motifs is 1. The number of β-amino-alcohol motifs (C(OH)–C–C–N with tert-alkyl or cyclic N) is 1. The average Bonchev–Trinajstić information content (AvgIpc) is 2.68. The number of aliphatic hydroxyl groups excluding tert-OH is 1. The van der Waals surface area contributed by atoms with E-state index in [0.29, 0.717) is 19.7 Å². The highest BCUT2D eigenvalue weighted by molar-refractivity contribution is 5.84. The van der Waals surface area contributed by atoms with Gasteiger partial charge in [-0.25, -0.2) is 0 Å². The van der Waals surface area contributed by atoms with E-state index in [1.807, 2.05) is 37.3 Å². The molecule has 1 fully saturated rings. The van der Waals surface area contributed by atoms with E-state index in [-0.39, 0.29) is 12.6 Å². The molecule has 1 atom stereocenters. The Morgan fingerprint density at radius 3 is 2.74 bits per heavy atom. The summed E-state index contributed by atoms with van der Waals surface area (Å²) in [5, 5.41) is 11.3. The van der Waals surface area contributed by atoms with Crippen LogP contribution in [0.25, 0.3) is 10.9 Å². The van der Waals surface area contributed by atoms with Crippen LogP contribution in [0.3, 0.4) is 0 Å². The van der Waals surface area contributed by atoms with Crippen LogP contribution in [0.4, 0.5) is 0 Å². The van der Waals surface area contributed by atoms with Crippen molar-refractivity contribution in [3.63, 3.8) is 0 Å². The van der Waals surface area contributed by atoms with Gasteiger partial charge in [-0.15, -0.1) is 0 Å². The van der Waals surface area contributed by atoms with Gasteiger partial charge in [-0.05, 0) is 31.2 Å². The highest BCUT2D eigenvalue weighted by atomic mass is 16.5. The molecule has 0 unspecified atom stereocenters. The van der Waals surface area contributed by atoms with Gasteiger partial charge in [0.05, 0.1) is 18.7 Å². The van der Waals surface area contributed by atoms with Gasteiger partial charge in [-0.1, -0.05) is 6.07 Å². The van der Waals surface area contributed by atoms with Gasteiger partial charge in [0, 0.05) is 44.3 Å². The number of ether oxygens (including phenoxy) is 2. The number of aromatic nitrogens is 1. The maximum absolute atomic E-state index is 11.5. The molecular formula is C20H27N3O4.